The Morgan fingerprint density at radius 3 is 2.23 bits per heavy atom. The minimum absolute atomic E-state index is 0.245. The third kappa shape index (κ3) is 5.05. The van der Waals surface area contributed by atoms with Gasteiger partial charge in [0.1, 0.15) is 0 Å². The van der Waals surface area contributed by atoms with Gasteiger partial charge in [0.05, 0.1) is 6.10 Å². The monoisotopic (exact) mass is 478 g/mol. The Bertz CT molecular complexity index is 786. The molecule has 0 heterocycles. The Morgan fingerprint density at radius 1 is 0.808 bits per heavy atom. The van der Waals surface area contributed by atoms with E-state index in [1.165, 1.54) is 17.5 Å². The van der Waals surface area contributed by atoms with Crippen LogP contribution in [0.15, 0.2) is 45.3 Å². The Kier molecular flexibility index (Phi) is 7.07. The van der Waals surface area contributed by atoms with Crippen molar-refractivity contribution in [1.29, 1.82) is 0 Å². The molecule has 0 aliphatic heterocycles. The van der Waals surface area contributed by atoms with Gasteiger partial charge >= 0.3 is 0 Å². The van der Waals surface area contributed by atoms with Crippen LogP contribution in [0.1, 0.15) is 71.7 Å². The molecule has 1 atom stereocenters. The molecule has 0 spiro atoms. The molecular formula is C22H24Br2O2. The summed E-state index contributed by atoms with van der Waals surface area (Å²) in [6, 6.07) is 12.1. The second-order valence-electron chi connectivity index (χ2n) is 7.04. The average molecular weight is 480 g/mol. The average Bonchev–Trinajstić information content (AvgIpc) is 2.91. The minimum atomic E-state index is -0.245. The molecule has 0 fully saturated rings. The number of hydrogen-bond acceptors (Lipinski definition) is 2. The minimum Gasteiger partial charge on any atom is -0.388 e. The van der Waals surface area contributed by atoms with Crippen LogP contribution >= 0.6 is 31.9 Å². The number of aryl methyl sites for hydroxylation is 2. The molecular weight excluding hydrogens is 456 g/mol. The third-order valence-corrected chi connectivity index (χ3v) is 6.09. The van der Waals surface area contributed by atoms with E-state index < -0.39 is 0 Å². The lowest BCUT2D eigenvalue weighted by Gasteiger charge is -2.11. The number of rotatable bonds is 0. The van der Waals surface area contributed by atoms with Crippen LogP contribution in [-0.2, 0) is 12.8 Å². The van der Waals surface area contributed by atoms with Gasteiger partial charge in [-0.3, -0.25) is 4.79 Å². The van der Waals surface area contributed by atoms with Gasteiger partial charge in [-0.15, -0.1) is 0 Å². The van der Waals surface area contributed by atoms with Crippen LogP contribution < -0.4 is 0 Å². The normalized spacial score (nSPS) is 19.3. The van der Waals surface area contributed by atoms with Crippen molar-refractivity contribution in [2.24, 2.45) is 0 Å². The molecule has 0 saturated heterocycles. The highest BCUT2D eigenvalue weighted by Crippen LogP contribution is 2.30. The maximum Gasteiger partial charge on any atom is 0.163 e. The largest absolute Gasteiger partial charge is 0.388 e. The fourth-order valence-electron chi connectivity index (χ4n) is 3.70. The van der Waals surface area contributed by atoms with E-state index in [4.69, 9.17) is 0 Å². The Labute approximate surface area is 172 Å². The van der Waals surface area contributed by atoms with Crippen LogP contribution in [0.2, 0.25) is 0 Å². The molecule has 2 aliphatic rings. The van der Waals surface area contributed by atoms with Crippen molar-refractivity contribution in [3.63, 3.8) is 0 Å². The van der Waals surface area contributed by atoms with Gasteiger partial charge in [-0.2, -0.15) is 0 Å². The van der Waals surface area contributed by atoms with Crippen LogP contribution in [0.4, 0.5) is 0 Å². The number of carbonyl (C=O) groups excluding carboxylic acids is 1. The molecule has 2 aromatic rings. The lowest BCUT2D eigenvalue weighted by atomic mass is 10.0. The second-order valence-corrected chi connectivity index (χ2v) is 8.87. The number of aliphatic hydroxyl groups is 1. The molecule has 1 N–H and O–H groups in total. The fourth-order valence-corrected chi connectivity index (χ4v) is 4.52. The van der Waals surface area contributed by atoms with Gasteiger partial charge < -0.3 is 5.11 Å². The molecule has 0 aromatic heterocycles. The van der Waals surface area contributed by atoms with E-state index in [0.717, 1.165) is 58.6 Å². The fraction of sp³-hybridized carbons (Fsp3) is 0.409. The first-order valence-electron chi connectivity index (χ1n) is 9.32. The van der Waals surface area contributed by atoms with Crippen molar-refractivity contribution in [2.75, 3.05) is 0 Å². The highest BCUT2D eigenvalue weighted by Gasteiger charge is 2.16. The van der Waals surface area contributed by atoms with Crippen LogP contribution in [0.3, 0.4) is 0 Å². The van der Waals surface area contributed by atoms with Crippen molar-refractivity contribution < 1.29 is 9.90 Å². The predicted octanol–water partition coefficient (Wildman–Crippen LogP) is 6.57. The van der Waals surface area contributed by atoms with Gasteiger partial charge in [0.15, 0.2) is 5.78 Å². The topological polar surface area (TPSA) is 37.3 Å². The van der Waals surface area contributed by atoms with Gasteiger partial charge in [0.25, 0.3) is 0 Å². The molecule has 4 rings (SSSR count). The van der Waals surface area contributed by atoms with Crippen LogP contribution in [-0.4, -0.2) is 10.9 Å². The Hall–Kier alpha value is -0.970. The number of halogens is 2. The number of fused-ring (bicyclic) bond motifs is 2. The molecule has 0 radical (unpaired) electrons. The zero-order chi connectivity index (χ0) is 18.5. The standard InChI is InChI=1S/C11H13BrO.C11H11BrO/c2*12-9-5-6-10-8(7-9)3-1-2-4-11(10)13/h5-7,11,13H,1-4H2;5-7H,1-4H2. The van der Waals surface area contributed by atoms with E-state index in [1.54, 1.807) is 0 Å². The summed E-state index contributed by atoms with van der Waals surface area (Å²) in [6.07, 6.45) is 8.02. The number of hydrogen-bond donors (Lipinski definition) is 1. The highest BCUT2D eigenvalue weighted by molar-refractivity contribution is 9.10. The molecule has 26 heavy (non-hydrogen) atoms. The van der Waals surface area contributed by atoms with Crippen LogP contribution in [0.25, 0.3) is 0 Å². The zero-order valence-corrected chi connectivity index (χ0v) is 18.0. The van der Waals surface area contributed by atoms with Crippen molar-refractivity contribution in [2.45, 2.75) is 57.5 Å². The predicted molar refractivity (Wildman–Crippen MR) is 113 cm³/mol. The lowest BCUT2D eigenvalue weighted by molar-refractivity contribution is 0.0982. The summed E-state index contributed by atoms with van der Waals surface area (Å²) in [5.41, 5.74) is 4.57. The van der Waals surface area contributed by atoms with E-state index in [2.05, 4.69) is 44.0 Å². The molecule has 0 amide bonds. The summed E-state index contributed by atoms with van der Waals surface area (Å²) in [5.74, 6) is 0.306. The first kappa shape index (κ1) is 19.8. The Balaban J connectivity index is 0.000000151. The van der Waals surface area contributed by atoms with E-state index in [-0.39, 0.29) is 6.10 Å². The quantitative estimate of drug-likeness (QED) is 0.434. The van der Waals surface area contributed by atoms with Gasteiger partial charge in [-0.1, -0.05) is 50.4 Å². The SMILES string of the molecule is O=C1CCCCc2cc(Br)ccc21.OC1CCCCc2cc(Br)ccc21. The summed E-state index contributed by atoms with van der Waals surface area (Å²) in [7, 11) is 0. The maximum absolute atomic E-state index is 11.6. The van der Waals surface area contributed by atoms with Crippen LogP contribution in [0, 0.1) is 0 Å². The maximum atomic E-state index is 11.6. The number of Topliss-reactive ketones (excluding diaryl/α,β-unsaturated/α-hetero) is 1. The van der Waals surface area contributed by atoms with Crippen LogP contribution in [0.5, 0.6) is 0 Å². The van der Waals surface area contributed by atoms with Gasteiger partial charge in [-0.05, 0) is 79.5 Å². The van der Waals surface area contributed by atoms with E-state index >= 15 is 0 Å². The van der Waals surface area contributed by atoms with Crippen molar-refractivity contribution >= 4 is 37.6 Å². The van der Waals surface area contributed by atoms with Crippen molar-refractivity contribution in [3.05, 3.63) is 67.6 Å². The first-order valence-corrected chi connectivity index (χ1v) is 10.9. The van der Waals surface area contributed by atoms with Gasteiger partial charge in [0, 0.05) is 20.9 Å². The number of benzene rings is 2. The smallest absolute Gasteiger partial charge is 0.163 e. The highest BCUT2D eigenvalue weighted by atomic mass is 79.9. The zero-order valence-electron chi connectivity index (χ0n) is 14.8. The van der Waals surface area contributed by atoms with Gasteiger partial charge in [-0.25, -0.2) is 0 Å². The molecule has 138 valence electrons. The third-order valence-electron chi connectivity index (χ3n) is 5.11. The molecule has 4 heteroatoms. The van der Waals surface area contributed by atoms with E-state index in [1.807, 2.05) is 24.3 Å². The van der Waals surface area contributed by atoms with Gasteiger partial charge in [0.2, 0.25) is 0 Å². The number of ketones is 1. The van der Waals surface area contributed by atoms with E-state index in [9.17, 15) is 9.90 Å². The molecule has 2 nitrogen and oxygen atoms in total. The molecule has 0 bridgehead atoms. The summed E-state index contributed by atoms with van der Waals surface area (Å²) in [6.45, 7) is 0. The first-order chi connectivity index (χ1) is 12.5. The number of carbonyl (C=O) groups is 1. The number of aliphatic hydroxyl groups excluding tert-OH is 1. The van der Waals surface area contributed by atoms with E-state index in [0.29, 0.717) is 12.2 Å². The molecule has 0 saturated carbocycles. The second kappa shape index (κ2) is 9.29. The molecule has 1 unspecified atom stereocenters. The van der Waals surface area contributed by atoms with Crippen molar-refractivity contribution in [3.8, 4) is 0 Å². The summed E-state index contributed by atoms with van der Waals surface area (Å²) < 4.78 is 2.18. The molecule has 2 aliphatic carbocycles. The summed E-state index contributed by atoms with van der Waals surface area (Å²) >= 11 is 6.88. The summed E-state index contributed by atoms with van der Waals surface area (Å²) in [4.78, 5) is 11.6. The van der Waals surface area contributed by atoms with Crippen molar-refractivity contribution in [1.82, 2.24) is 0 Å². The summed E-state index contributed by atoms with van der Waals surface area (Å²) in [5, 5.41) is 9.82. The molecule has 2 aromatic carbocycles. The lowest BCUT2D eigenvalue weighted by Crippen LogP contribution is -1.99. The Morgan fingerprint density at radius 2 is 1.42 bits per heavy atom.